The predicted octanol–water partition coefficient (Wildman–Crippen LogP) is 0.510. The molecule has 2 unspecified atom stereocenters. The molecule has 3 N–H and O–H groups in total. The molecular weight excluding hydrogens is 142 g/mol. The average Bonchev–Trinajstić information content (AvgIpc) is 2.01. The summed E-state index contributed by atoms with van der Waals surface area (Å²) in [5, 5.41) is 9.60. The highest BCUT2D eigenvalue weighted by molar-refractivity contribution is 4.85. The van der Waals surface area contributed by atoms with Gasteiger partial charge >= 0.3 is 0 Å². The molecule has 0 amide bonds. The minimum atomic E-state index is -0.600. The molecule has 11 heavy (non-hydrogen) atoms. The number of aliphatic hydroxyl groups is 1. The van der Waals surface area contributed by atoms with Gasteiger partial charge in [0.15, 0.2) is 0 Å². The average molecular weight is 161 g/mol. The van der Waals surface area contributed by atoms with Gasteiger partial charge in [-0.2, -0.15) is 0 Å². The van der Waals surface area contributed by atoms with Crippen LogP contribution in [0.5, 0.6) is 0 Å². The molecule has 68 valence electrons. The van der Waals surface area contributed by atoms with Crippen LogP contribution in [0.4, 0.5) is 0 Å². The van der Waals surface area contributed by atoms with Gasteiger partial charge in [0, 0.05) is 13.2 Å². The third kappa shape index (κ3) is 2.77. The van der Waals surface area contributed by atoms with Crippen molar-refractivity contribution in [1.29, 1.82) is 0 Å². The van der Waals surface area contributed by atoms with Crippen LogP contribution in [0.1, 0.15) is 27.2 Å². The highest BCUT2D eigenvalue weighted by Crippen LogP contribution is 2.16. The van der Waals surface area contributed by atoms with Crippen LogP contribution in [0.15, 0.2) is 0 Å². The van der Waals surface area contributed by atoms with E-state index in [2.05, 4.69) is 0 Å². The second-order valence-corrected chi connectivity index (χ2v) is 3.32. The van der Waals surface area contributed by atoms with Gasteiger partial charge in [-0.05, 0) is 20.3 Å². The molecule has 0 aromatic heterocycles. The van der Waals surface area contributed by atoms with Gasteiger partial charge in [-0.25, -0.2) is 0 Å². The second-order valence-electron chi connectivity index (χ2n) is 3.32. The van der Waals surface area contributed by atoms with Gasteiger partial charge in [0.2, 0.25) is 0 Å². The smallest absolute Gasteiger partial charge is 0.0974 e. The third-order valence-electron chi connectivity index (χ3n) is 2.12. The summed E-state index contributed by atoms with van der Waals surface area (Å²) in [5.74, 6) is 0. The van der Waals surface area contributed by atoms with E-state index in [-0.39, 0.29) is 6.04 Å². The Labute approximate surface area is 68.5 Å². The standard InChI is InChI=1S/C8H19NO2/c1-5-6(9)7(10)8(2,3)11-4/h6-7,10H,5,9H2,1-4H3. The molecule has 0 aliphatic heterocycles. The summed E-state index contributed by atoms with van der Waals surface area (Å²) < 4.78 is 5.09. The maximum atomic E-state index is 9.60. The van der Waals surface area contributed by atoms with Crippen molar-refractivity contribution < 1.29 is 9.84 Å². The molecule has 0 spiro atoms. The zero-order valence-electron chi connectivity index (χ0n) is 7.79. The van der Waals surface area contributed by atoms with Crippen molar-refractivity contribution in [3.05, 3.63) is 0 Å². The molecule has 0 fully saturated rings. The van der Waals surface area contributed by atoms with Crippen molar-refractivity contribution in [2.45, 2.75) is 44.9 Å². The van der Waals surface area contributed by atoms with Gasteiger partial charge in [-0.3, -0.25) is 0 Å². The Bertz CT molecular complexity index is 115. The molecule has 3 nitrogen and oxygen atoms in total. The first-order valence-corrected chi connectivity index (χ1v) is 3.94. The first-order valence-electron chi connectivity index (χ1n) is 3.94. The minimum absolute atomic E-state index is 0.204. The molecule has 0 aliphatic rings. The summed E-state index contributed by atoms with van der Waals surface area (Å²) in [6.45, 7) is 5.60. The van der Waals surface area contributed by atoms with Crippen molar-refractivity contribution in [2.75, 3.05) is 7.11 Å². The number of hydrogen-bond donors (Lipinski definition) is 2. The van der Waals surface area contributed by atoms with E-state index in [0.717, 1.165) is 6.42 Å². The molecule has 0 aromatic carbocycles. The highest BCUT2D eigenvalue weighted by Gasteiger charge is 2.31. The number of aliphatic hydroxyl groups excluding tert-OH is 1. The van der Waals surface area contributed by atoms with Crippen LogP contribution in [0, 0.1) is 0 Å². The Balaban J connectivity index is 4.10. The van der Waals surface area contributed by atoms with Crippen molar-refractivity contribution >= 4 is 0 Å². The molecular formula is C8H19NO2. The summed E-state index contributed by atoms with van der Waals surface area (Å²) in [6, 6.07) is -0.204. The molecule has 0 heterocycles. The van der Waals surface area contributed by atoms with Crippen LogP contribution in [0.3, 0.4) is 0 Å². The van der Waals surface area contributed by atoms with Gasteiger partial charge in [-0.1, -0.05) is 6.92 Å². The lowest BCUT2D eigenvalue weighted by Gasteiger charge is -2.32. The summed E-state index contributed by atoms with van der Waals surface area (Å²) >= 11 is 0. The van der Waals surface area contributed by atoms with Crippen molar-refractivity contribution in [2.24, 2.45) is 5.73 Å². The Hall–Kier alpha value is -0.120. The fourth-order valence-corrected chi connectivity index (χ4v) is 0.860. The minimum Gasteiger partial charge on any atom is -0.389 e. The number of nitrogens with two attached hydrogens (primary N) is 1. The van der Waals surface area contributed by atoms with Crippen LogP contribution in [-0.4, -0.2) is 30.0 Å². The van der Waals surface area contributed by atoms with E-state index in [4.69, 9.17) is 10.5 Å². The molecule has 3 heteroatoms. The van der Waals surface area contributed by atoms with E-state index < -0.39 is 11.7 Å². The largest absolute Gasteiger partial charge is 0.389 e. The topological polar surface area (TPSA) is 55.5 Å². The lowest BCUT2D eigenvalue weighted by Crippen LogP contribution is -2.49. The van der Waals surface area contributed by atoms with Gasteiger partial charge in [0.1, 0.15) is 0 Å². The van der Waals surface area contributed by atoms with Gasteiger partial charge in [0.05, 0.1) is 11.7 Å². The highest BCUT2D eigenvalue weighted by atomic mass is 16.5. The number of methoxy groups -OCH3 is 1. The van der Waals surface area contributed by atoms with E-state index in [9.17, 15) is 5.11 Å². The first-order chi connectivity index (χ1) is 4.95. The fourth-order valence-electron chi connectivity index (χ4n) is 0.860. The Morgan fingerprint density at radius 2 is 2.00 bits per heavy atom. The molecule has 0 saturated heterocycles. The zero-order valence-corrected chi connectivity index (χ0v) is 7.79. The van der Waals surface area contributed by atoms with Crippen molar-refractivity contribution in [1.82, 2.24) is 0 Å². The lowest BCUT2D eigenvalue weighted by molar-refractivity contribution is -0.0869. The summed E-state index contributed by atoms with van der Waals surface area (Å²) in [6.07, 6.45) is 0.158. The van der Waals surface area contributed by atoms with E-state index in [1.807, 2.05) is 20.8 Å². The van der Waals surface area contributed by atoms with Gasteiger partial charge in [-0.15, -0.1) is 0 Å². The van der Waals surface area contributed by atoms with Crippen LogP contribution < -0.4 is 5.73 Å². The Morgan fingerprint density at radius 3 is 2.27 bits per heavy atom. The van der Waals surface area contributed by atoms with E-state index in [1.165, 1.54) is 0 Å². The predicted molar refractivity (Wildman–Crippen MR) is 45.4 cm³/mol. The molecule has 0 radical (unpaired) electrons. The quantitative estimate of drug-likeness (QED) is 0.631. The Morgan fingerprint density at radius 1 is 1.55 bits per heavy atom. The van der Waals surface area contributed by atoms with Crippen LogP contribution in [-0.2, 0) is 4.74 Å². The molecule has 0 saturated carbocycles. The van der Waals surface area contributed by atoms with Crippen LogP contribution in [0.2, 0.25) is 0 Å². The molecule has 0 aromatic rings. The summed E-state index contributed by atoms with van der Waals surface area (Å²) in [4.78, 5) is 0. The third-order valence-corrected chi connectivity index (χ3v) is 2.12. The normalized spacial score (nSPS) is 18.0. The molecule has 2 atom stereocenters. The Kier molecular flexibility index (Phi) is 4.00. The number of hydrogen-bond acceptors (Lipinski definition) is 3. The van der Waals surface area contributed by atoms with E-state index >= 15 is 0 Å². The molecule has 0 aliphatic carbocycles. The maximum absolute atomic E-state index is 9.60. The van der Waals surface area contributed by atoms with Crippen LogP contribution >= 0.6 is 0 Å². The fraction of sp³-hybridized carbons (Fsp3) is 1.00. The van der Waals surface area contributed by atoms with Crippen LogP contribution in [0.25, 0.3) is 0 Å². The van der Waals surface area contributed by atoms with E-state index in [1.54, 1.807) is 7.11 Å². The van der Waals surface area contributed by atoms with Gasteiger partial charge < -0.3 is 15.6 Å². The zero-order chi connectivity index (χ0) is 9.07. The summed E-state index contributed by atoms with van der Waals surface area (Å²) in [7, 11) is 1.58. The van der Waals surface area contributed by atoms with Gasteiger partial charge in [0.25, 0.3) is 0 Å². The first kappa shape index (κ1) is 10.9. The monoisotopic (exact) mass is 161 g/mol. The maximum Gasteiger partial charge on any atom is 0.0974 e. The second kappa shape index (κ2) is 4.04. The number of ether oxygens (including phenoxy) is 1. The lowest BCUT2D eigenvalue weighted by atomic mass is 9.94. The molecule has 0 bridgehead atoms. The summed E-state index contributed by atoms with van der Waals surface area (Å²) in [5.41, 5.74) is 5.10. The SMILES string of the molecule is CCC(N)C(O)C(C)(C)OC. The molecule has 0 rings (SSSR count). The van der Waals surface area contributed by atoms with Crippen molar-refractivity contribution in [3.63, 3.8) is 0 Å². The number of rotatable bonds is 4. The van der Waals surface area contributed by atoms with Crippen molar-refractivity contribution in [3.8, 4) is 0 Å². The van der Waals surface area contributed by atoms with E-state index in [0.29, 0.717) is 0 Å².